The van der Waals surface area contributed by atoms with E-state index in [-0.39, 0.29) is 11.3 Å². The summed E-state index contributed by atoms with van der Waals surface area (Å²) in [7, 11) is 1.68. The molecule has 9 nitrogen and oxygen atoms in total. The molecule has 2 heterocycles. The second-order valence-corrected chi connectivity index (χ2v) is 5.33. The highest BCUT2D eigenvalue weighted by Crippen LogP contribution is 2.13. The zero-order chi connectivity index (χ0) is 18.0. The average Bonchev–Trinajstić information content (AvgIpc) is 3.06. The van der Waals surface area contributed by atoms with E-state index in [1.165, 1.54) is 21.8 Å². The molecule has 1 aromatic carbocycles. The molecular weight excluding hydrogens is 324 g/mol. The summed E-state index contributed by atoms with van der Waals surface area (Å²) in [5.74, 6) is -1.12. The number of benzene rings is 1. The predicted octanol–water partition coefficient (Wildman–Crippen LogP) is 0.225. The van der Waals surface area contributed by atoms with E-state index in [9.17, 15) is 14.4 Å². The SMILES string of the molecule is CCn1nc(C(=O)NNC(=O)c2cnn(C)c2)c2ccccc2c1=O. The maximum Gasteiger partial charge on any atom is 0.290 e. The van der Waals surface area contributed by atoms with Gasteiger partial charge < -0.3 is 0 Å². The summed E-state index contributed by atoms with van der Waals surface area (Å²) in [5.41, 5.74) is 4.72. The van der Waals surface area contributed by atoms with Gasteiger partial charge in [0, 0.05) is 25.2 Å². The van der Waals surface area contributed by atoms with E-state index in [2.05, 4.69) is 21.0 Å². The van der Waals surface area contributed by atoms with Crippen molar-refractivity contribution in [2.75, 3.05) is 0 Å². The summed E-state index contributed by atoms with van der Waals surface area (Å²) in [5, 5.41) is 8.80. The number of hydrogen-bond acceptors (Lipinski definition) is 5. The molecule has 25 heavy (non-hydrogen) atoms. The zero-order valence-electron chi connectivity index (χ0n) is 13.7. The Kier molecular flexibility index (Phi) is 4.29. The topological polar surface area (TPSA) is 111 Å². The van der Waals surface area contributed by atoms with E-state index in [0.717, 1.165) is 0 Å². The molecule has 0 aliphatic carbocycles. The minimum absolute atomic E-state index is 0.0588. The number of hydrogen-bond donors (Lipinski definition) is 2. The van der Waals surface area contributed by atoms with Gasteiger partial charge in [0.25, 0.3) is 17.4 Å². The normalized spacial score (nSPS) is 10.6. The molecule has 9 heteroatoms. The van der Waals surface area contributed by atoms with Gasteiger partial charge in [-0.3, -0.25) is 29.9 Å². The molecule has 2 amide bonds. The lowest BCUT2D eigenvalue weighted by Crippen LogP contribution is -2.42. The lowest BCUT2D eigenvalue weighted by Gasteiger charge is -2.10. The molecule has 0 aliphatic heterocycles. The van der Waals surface area contributed by atoms with Crippen LogP contribution in [0.25, 0.3) is 10.8 Å². The number of nitrogens with one attached hydrogen (secondary N) is 2. The highest BCUT2D eigenvalue weighted by Gasteiger charge is 2.17. The van der Waals surface area contributed by atoms with Crippen LogP contribution in [0.5, 0.6) is 0 Å². The first kappa shape index (κ1) is 16.4. The number of nitrogens with zero attached hydrogens (tertiary/aromatic N) is 4. The van der Waals surface area contributed by atoms with Crippen LogP contribution in [0.3, 0.4) is 0 Å². The highest BCUT2D eigenvalue weighted by atomic mass is 16.2. The summed E-state index contributed by atoms with van der Waals surface area (Å²) >= 11 is 0. The Labute approximate surface area is 142 Å². The lowest BCUT2D eigenvalue weighted by atomic mass is 10.1. The number of carbonyl (C=O) groups excluding carboxylic acids is 2. The molecule has 0 atom stereocenters. The van der Waals surface area contributed by atoms with Gasteiger partial charge in [-0.2, -0.15) is 10.2 Å². The van der Waals surface area contributed by atoms with Gasteiger partial charge in [-0.25, -0.2) is 4.68 Å². The second kappa shape index (κ2) is 6.56. The first-order valence-corrected chi connectivity index (χ1v) is 7.60. The molecule has 0 fully saturated rings. The number of carbonyl (C=O) groups is 2. The molecule has 3 aromatic rings. The molecule has 0 aliphatic rings. The Morgan fingerprint density at radius 2 is 1.80 bits per heavy atom. The van der Waals surface area contributed by atoms with Crippen molar-refractivity contribution < 1.29 is 9.59 Å². The lowest BCUT2D eigenvalue weighted by molar-refractivity contribution is 0.0843. The molecule has 3 rings (SSSR count). The third-order valence-electron chi connectivity index (χ3n) is 3.64. The number of hydrazine groups is 1. The fraction of sp³-hybridized carbons (Fsp3) is 0.188. The van der Waals surface area contributed by atoms with Gasteiger partial charge in [0.15, 0.2) is 5.69 Å². The fourth-order valence-corrected chi connectivity index (χ4v) is 2.40. The van der Waals surface area contributed by atoms with Crippen molar-refractivity contribution in [1.29, 1.82) is 0 Å². The molecule has 0 bridgehead atoms. The minimum Gasteiger partial charge on any atom is -0.275 e. The van der Waals surface area contributed by atoms with Crippen molar-refractivity contribution in [2.24, 2.45) is 7.05 Å². The maximum atomic E-state index is 12.5. The van der Waals surface area contributed by atoms with E-state index in [0.29, 0.717) is 22.9 Å². The van der Waals surface area contributed by atoms with Crippen molar-refractivity contribution >= 4 is 22.6 Å². The fourth-order valence-electron chi connectivity index (χ4n) is 2.40. The van der Waals surface area contributed by atoms with Gasteiger partial charge >= 0.3 is 0 Å². The van der Waals surface area contributed by atoms with Gasteiger partial charge in [0.05, 0.1) is 17.1 Å². The molecular formula is C16H16N6O3. The average molecular weight is 340 g/mol. The Bertz CT molecular complexity index is 1020. The van der Waals surface area contributed by atoms with Crippen molar-refractivity contribution in [1.82, 2.24) is 30.4 Å². The standard InChI is InChI=1S/C16H16N6O3/c1-3-22-16(25)12-7-5-4-6-11(12)13(20-22)15(24)19-18-14(23)10-8-17-21(2)9-10/h4-9H,3H2,1-2H3,(H,18,23)(H,19,24). The molecule has 2 aromatic heterocycles. The van der Waals surface area contributed by atoms with Crippen LogP contribution in [0.4, 0.5) is 0 Å². The van der Waals surface area contributed by atoms with Gasteiger partial charge in [-0.1, -0.05) is 18.2 Å². The Balaban J connectivity index is 1.88. The van der Waals surface area contributed by atoms with E-state index < -0.39 is 11.8 Å². The smallest absolute Gasteiger partial charge is 0.275 e. The Morgan fingerprint density at radius 3 is 2.44 bits per heavy atom. The van der Waals surface area contributed by atoms with Crippen molar-refractivity contribution in [3.05, 3.63) is 58.3 Å². The number of rotatable bonds is 3. The maximum absolute atomic E-state index is 12.5. The quantitative estimate of drug-likeness (QED) is 0.663. The zero-order valence-corrected chi connectivity index (χ0v) is 13.7. The van der Waals surface area contributed by atoms with E-state index in [1.54, 1.807) is 38.2 Å². The molecule has 2 N–H and O–H groups in total. The summed E-state index contributed by atoms with van der Waals surface area (Å²) < 4.78 is 2.68. The molecule has 0 saturated carbocycles. The summed E-state index contributed by atoms with van der Waals surface area (Å²) in [6, 6.07) is 6.71. The number of aromatic nitrogens is 4. The van der Waals surface area contributed by atoms with Crippen LogP contribution in [-0.4, -0.2) is 31.4 Å². The monoisotopic (exact) mass is 340 g/mol. The summed E-state index contributed by atoms with van der Waals surface area (Å²) in [6.45, 7) is 2.08. The third-order valence-corrected chi connectivity index (χ3v) is 3.64. The van der Waals surface area contributed by atoms with E-state index in [4.69, 9.17) is 0 Å². The molecule has 0 radical (unpaired) electrons. The van der Waals surface area contributed by atoms with Gasteiger partial charge in [-0.05, 0) is 13.0 Å². The molecule has 0 saturated heterocycles. The first-order chi connectivity index (χ1) is 12.0. The Morgan fingerprint density at radius 1 is 1.12 bits per heavy atom. The van der Waals surface area contributed by atoms with Crippen molar-refractivity contribution in [2.45, 2.75) is 13.5 Å². The van der Waals surface area contributed by atoms with Crippen molar-refractivity contribution in [3.8, 4) is 0 Å². The highest BCUT2D eigenvalue weighted by molar-refractivity contribution is 6.05. The van der Waals surface area contributed by atoms with Crippen LogP contribution in [0.1, 0.15) is 27.8 Å². The van der Waals surface area contributed by atoms with Gasteiger partial charge in [0.1, 0.15) is 0 Å². The molecule has 0 spiro atoms. The summed E-state index contributed by atoms with van der Waals surface area (Å²) in [6.07, 6.45) is 2.90. The van der Waals surface area contributed by atoms with Crippen LogP contribution in [-0.2, 0) is 13.6 Å². The van der Waals surface area contributed by atoms with E-state index in [1.807, 2.05) is 0 Å². The van der Waals surface area contributed by atoms with Crippen LogP contribution >= 0.6 is 0 Å². The van der Waals surface area contributed by atoms with Crippen LogP contribution in [0.15, 0.2) is 41.5 Å². The third kappa shape index (κ3) is 3.11. The largest absolute Gasteiger partial charge is 0.290 e. The Hall–Kier alpha value is -3.49. The van der Waals surface area contributed by atoms with Crippen LogP contribution in [0, 0.1) is 0 Å². The number of aryl methyl sites for hydroxylation is 2. The predicted molar refractivity (Wildman–Crippen MR) is 89.8 cm³/mol. The van der Waals surface area contributed by atoms with E-state index >= 15 is 0 Å². The number of fused-ring (bicyclic) bond motifs is 1. The molecule has 128 valence electrons. The minimum atomic E-state index is -0.615. The van der Waals surface area contributed by atoms with Crippen LogP contribution in [0.2, 0.25) is 0 Å². The number of amides is 2. The second-order valence-electron chi connectivity index (χ2n) is 5.33. The van der Waals surface area contributed by atoms with Crippen LogP contribution < -0.4 is 16.4 Å². The summed E-state index contributed by atoms with van der Waals surface area (Å²) in [4.78, 5) is 36.7. The first-order valence-electron chi connectivity index (χ1n) is 7.60. The van der Waals surface area contributed by atoms with Gasteiger partial charge in [-0.15, -0.1) is 0 Å². The molecule has 0 unspecified atom stereocenters. The van der Waals surface area contributed by atoms with Crippen molar-refractivity contribution in [3.63, 3.8) is 0 Å². The van der Waals surface area contributed by atoms with Gasteiger partial charge in [0.2, 0.25) is 0 Å².